The lowest BCUT2D eigenvalue weighted by atomic mass is 10.1. The van der Waals surface area contributed by atoms with E-state index in [1.54, 1.807) is 31.1 Å². The van der Waals surface area contributed by atoms with E-state index in [4.69, 9.17) is 4.74 Å². The number of amides is 1. The lowest BCUT2D eigenvalue weighted by molar-refractivity contribution is 0.0746. The Bertz CT molecular complexity index is 740. The number of anilines is 1. The molecule has 0 aliphatic carbocycles. The van der Waals surface area contributed by atoms with Gasteiger partial charge < -0.3 is 14.5 Å². The molecule has 0 radical (unpaired) electrons. The molecule has 0 bridgehead atoms. The van der Waals surface area contributed by atoms with Crippen molar-refractivity contribution in [2.75, 3.05) is 38.2 Å². The molecule has 0 unspecified atom stereocenters. The standard InChI is InChI=1S/C19H21FN2O2/c1-14-6-7-15(12-18(14)20)19(23)22-10-8-21(9-11-22)16-4-3-5-17(13-16)24-2/h3-7,12-13H,8-11H2,1-2H3. The minimum absolute atomic E-state index is 0.112. The van der Waals surface area contributed by atoms with Crippen LogP contribution in [0.15, 0.2) is 42.5 Å². The highest BCUT2D eigenvalue weighted by Crippen LogP contribution is 2.22. The van der Waals surface area contributed by atoms with Gasteiger partial charge in [-0.3, -0.25) is 4.79 Å². The highest BCUT2D eigenvalue weighted by atomic mass is 19.1. The SMILES string of the molecule is COc1cccc(N2CCN(C(=O)c3ccc(C)c(F)c3)CC2)c1. The first-order valence-electron chi connectivity index (χ1n) is 8.03. The van der Waals surface area contributed by atoms with Crippen molar-refractivity contribution >= 4 is 11.6 Å². The van der Waals surface area contributed by atoms with Crippen LogP contribution in [0.3, 0.4) is 0 Å². The molecule has 1 fully saturated rings. The van der Waals surface area contributed by atoms with Crippen LogP contribution in [0.2, 0.25) is 0 Å². The molecule has 5 heteroatoms. The third kappa shape index (κ3) is 3.35. The second-order valence-corrected chi connectivity index (χ2v) is 5.94. The van der Waals surface area contributed by atoms with E-state index in [1.807, 2.05) is 24.3 Å². The first kappa shape index (κ1) is 16.3. The number of halogens is 1. The Kier molecular flexibility index (Phi) is 4.69. The van der Waals surface area contributed by atoms with E-state index >= 15 is 0 Å². The highest BCUT2D eigenvalue weighted by Gasteiger charge is 2.23. The van der Waals surface area contributed by atoms with Gasteiger partial charge in [0.05, 0.1) is 7.11 Å². The van der Waals surface area contributed by atoms with E-state index in [9.17, 15) is 9.18 Å². The van der Waals surface area contributed by atoms with E-state index < -0.39 is 0 Å². The molecule has 2 aromatic carbocycles. The fourth-order valence-corrected chi connectivity index (χ4v) is 2.88. The number of ether oxygens (including phenoxy) is 1. The summed E-state index contributed by atoms with van der Waals surface area (Å²) in [5.41, 5.74) is 2.05. The van der Waals surface area contributed by atoms with Crippen molar-refractivity contribution < 1.29 is 13.9 Å². The van der Waals surface area contributed by atoms with Crippen molar-refractivity contribution in [2.45, 2.75) is 6.92 Å². The van der Waals surface area contributed by atoms with Gasteiger partial charge in [-0.05, 0) is 36.8 Å². The van der Waals surface area contributed by atoms with E-state index in [0.717, 1.165) is 24.5 Å². The molecule has 2 aromatic rings. The number of nitrogens with zero attached hydrogens (tertiary/aromatic N) is 2. The molecule has 3 rings (SSSR count). The first-order valence-corrected chi connectivity index (χ1v) is 8.03. The normalized spacial score (nSPS) is 14.6. The smallest absolute Gasteiger partial charge is 0.254 e. The molecule has 1 aliphatic rings. The van der Waals surface area contributed by atoms with Gasteiger partial charge in [-0.2, -0.15) is 0 Å². The summed E-state index contributed by atoms with van der Waals surface area (Å²) in [7, 11) is 1.65. The summed E-state index contributed by atoms with van der Waals surface area (Å²) in [6.45, 7) is 4.41. The topological polar surface area (TPSA) is 32.8 Å². The molecule has 126 valence electrons. The van der Waals surface area contributed by atoms with Crippen molar-refractivity contribution in [1.29, 1.82) is 0 Å². The fraction of sp³-hybridized carbons (Fsp3) is 0.316. The van der Waals surface area contributed by atoms with Gasteiger partial charge in [-0.1, -0.05) is 12.1 Å². The second-order valence-electron chi connectivity index (χ2n) is 5.94. The molecular formula is C19H21FN2O2. The summed E-state index contributed by atoms with van der Waals surface area (Å²) in [5, 5.41) is 0. The predicted molar refractivity (Wildman–Crippen MR) is 92.2 cm³/mol. The molecule has 0 N–H and O–H groups in total. The number of hydrogen-bond donors (Lipinski definition) is 0. The van der Waals surface area contributed by atoms with Crippen molar-refractivity contribution in [1.82, 2.24) is 4.90 Å². The zero-order valence-corrected chi connectivity index (χ0v) is 14.0. The van der Waals surface area contributed by atoms with Gasteiger partial charge in [0.2, 0.25) is 0 Å². The van der Waals surface area contributed by atoms with Crippen LogP contribution in [0.4, 0.5) is 10.1 Å². The zero-order valence-electron chi connectivity index (χ0n) is 14.0. The molecule has 0 spiro atoms. The number of aryl methyl sites for hydroxylation is 1. The van der Waals surface area contributed by atoms with Gasteiger partial charge >= 0.3 is 0 Å². The maximum Gasteiger partial charge on any atom is 0.254 e. The summed E-state index contributed by atoms with van der Waals surface area (Å²) >= 11 is 0. The second kappa shape index (κ2) is 6.91. The Morgan fingerprint density at radius 2 is 1.83 bits per heavy atom. The van der Waals surface area contributed by atoms with E-state index in [-0.39, 0.29) is 11.7 Å². The molecule has 1 saturated heterocycles. The first-order chi connectivity index (χ1) is 11.6. The fourth-order valence-electron chi connectivity index (χ4n) is 2.88. The summed E-state index contributed by atoms with van der Waals surface area (Å²) in [6, 6.07) is 12.6. The van der Waals surface area contributed by atoms with Gasteiger partial charge in [-0.15, -0.1) is 0 Å². The number of hydrogen-bond acceptors (Lipinski definition) is 3. The Hall–Kier alpha value is -2.56. The summed E-state index contributed by atoms with van der Waals surface area (Å²) in [4.78, 5) is 16.5. The maximum atomic E-state index is 13.7. The highest BCUT2D eigenvalue weighted by molar-refractivity contribution is 5.94. The number of carbonyl (C=O) groups excluding carboxylic acids is 1. The van der Waals surface area contributed by atoms with Crippen LogP contribution in [0, 0.1) is 12.7 Å². The molecule has 1 heterocycles. The largest absolute Gasteiger partial charge is 0.497 e. The number of benzene rings is 2. The molecular weight excluding hydrogens is 307 g/mol. The number of rotatable bonds is 3. The van der Waals surface area contributed by atoms with Crippen molar-refractivity contribution in [3.8, 4) is 5.75 Å². The minimum Gasteiger partial charge on any atom is -0.497 e. The predicted octanol–water partition coefficient (Wildman–Crippen LogP) is 3.11. The summed E-state index contributed by atoms with van der Waals surface area (Å²) < 4.78 is 18.9. The lowest BCUT2D eigenvalue weighted by Gasteiger charge is -2.36. The van der Waals surface area contributed by atoms with Crippen molar-refractivity contribution in [3.05, 3.63) is 59.4 Å². The average molecular weight is 328 g/mol. The Morgan fingerprint density at radius 1 is 1.08 bits per heavy atom. The zero-order chi connectivity index (χ0) is 17.1. The van der Waals surface area contributed by atoms with Gasteiger partial charge in [0.15, 0.2) is 0 Å². The van der Waals surface area contributed by atoms with Crippen LogP contribution in [-0.4, -0.2) is 44.1 Å². The van der Waals surface area contributed by atoms with Crippen LogP contribution in [0.5, 0.6) is 5.75 Å². The van der Waals surface area contributed by atoms with Crippen LogP contribution < -0.4 is 9.64 Å². The molecule has 24 heavy (non-hydrogen) atoms. The molecule has 1 amide bonds. The van der Waals surface area contributed by atoms with Crippen molar-refractivity contribution in [2.24, 2.45) is 0 Å². The molecule has 0 aromatic heterocycles. The average Bonchev–Trinajstić information content (AvgIpc) is 2.63. The molecule has 0 saturated carbocycles. The van der Waals surface area contributed by atoms with Crippen LogP contribution in [0.1, 0.15) is 15.9 Å². The van der Waals surface area contributed by atoms with Crippen molar-refractivity contribution in [3.63, 3.8) is 0 Å². The third-order valence-electron chi connectivity index (χ3n) is 4.40. The number of carbonyl (C=O) groups is 1. The number of methoxy groups -OCH3 is 1. The quantitative estimate of drug-likeness (QED) is 0.868. The van der Waals surface area contributed by atoms with Crippen LogP contribution >= 0.6 is 0 Å². The van der Waals surface area contributed by atoms with Gasteiger partial charge in [0.1, 0.15) is 11.6 Å². The Morgan fingerprint density at radius 3 is 2.50 bits per heavy atom. The van der Waals surface area contributed by atoms with E-state index in [1.165, 1.54) is 6.07 Å². The van der Waals surface area contributed by atoms with Gasteiger partial charge in [0, 0.05) is 43.5 Å². The van der Waals surface area contributed by atoms with Crippen LogP contribution in [0.25, 0.3) is 0 Å². The molecule has 1 aliphatic heterocycles. The Labute approximate surface area is 141 Å². The van der Waals surface area contributed by atoms with E-state index in [2.05, 4.69) is 4.90 Å². The summed E-state index contributed by atoms with van der Waals surface area (Å²) in [5.74, 6) is 0.371. The lowest BCUT2D eigenvalue weighted by Crippen LogP contribution is -2.48. The maximum absolute atomic E-state index is 13.7. The van der Waals surface area contributed by atoms with E-state index in [0.29, 0.717) is 24.2 Å². The van der Waals surface area contributed by atoms with Gasteiger partial charge in [-0.25, -0.2) is 4.39 Å². The van der Waals surface area contributed by atoms with Crippen LogP contribution in [-0.2, 0) is 0 Å². The summed E-state index contributed by atoms with van der Waals surface area (Å²) in [6.07, 6.45) is 0. The van der Waals surface area contributed by atoms with Gasteiger partial charge in [0.25, 0.3) is 5.91 Å². The minimum atomic E-state index is -0.337. The molecule has 4 nitrogen and oxygen atoms in total. The Balaban J connectivity index is 1.65. The number of piperazine rings is 1. The third-order valence-corrected chi connectivity index (χ3v) is 4.40. The molecule has 0 atom stereocenters. The monoisotopic (exact) mass is 328 g/mol.